The molecule has 0 atom stereocenters. The van der Waals surface area contributed by atoms with Crippen molar-refractivity contribution in [3.63, 3.8) is 0 Å². The first-order chi connectivity index (χ1) is 9.34. The van der Waals surface area contributed by atoms with Crippen LogP contribution in [0, 0.1) is 0 Å². The number of rotatable bonds is 5. The number of nitrogens with two attached hydrogens (primary N) is 1. The Morgan fingerprint density at radius 3 is 2.45 bits per heavy atom. The van der Waals surface area contributed by atoms with Gasteiger partial charge in [-0.05, 0) is 22.6 Å². The number of hydrogen-bond acceptors (Lipinski definition) is 3. The lowest BCUT2D eigenvalue weighted by Crippen LogP contribution is -2.10. The molecule has 0 fully saturated rings. The van der Waals surface area contributed by atoms with Gasteiger partial charge in [0.2, 0.25) is 0 Å². The third-order valence-corrected chi connectivity index (χ3v) is 2.76. The van der Waals surface area contributed by atoms with Crippen LogP contribution in [0.5, 0.6) is 0 Å². The molecule has 1 aromatic rings. The maximum Gasteiger partial charge on any atom is 0.176 e. The fourth-order valence-electron chi connectivity index (χ4n) is 1.49. The van der Waals surface area contributed by atoms with Crippen LogP contribution in [-0.4, -0.2) is 6.40 Å². The minimum Gasteiger partial charge on any atom is -0.478 e. The highest BCUT2D eigenvalue weighted by Gasteiger charge is 2.12. The molecule has 1 rings (SSSR count). The van der Waals surface area contributed by atoms with Crippen molar-refractivity contribution in [2.45, 2.75) is 32.8 Å². The van der Waals surface area contributed by atoms with Crippen molar-refractivity contribution in [1.82, 2.24) is 0 Å². The first-order valence-electron chi connectivity index (χ1n) is 6.36. The molecule has 0 saturated carbocycles. The van der Waals surface area contributed by atoms with Crippen LogP contribution >= 0.6 is 0 Å². The minimum atomic E-state index is -0.667. The molecule has 3 nitrogen and oxygen atoms in total. The second-order valence-corrected chi connectivity index (χ2v) is 5.43. The number of allylic oxidation sites excluding steroid dienone is 2. The smallest absolute Gasteiger partial charge is 0.176 e. The van der Waals surface area contributed by atoms with Gasteiger partial charge in [-0.25, -0.2) is 9.38 Å². The van der Waals surface area contributed by atoms with E-state index < -0.39 is 5.83 Å². The molecule has 0 unspecified atom stereocenters. The Morgan fingerprint density at radius 1 is 1.35 bits per heavy atom. The van der Waals surface area contributed by atoms with Crippen LogP contribution in [0.15, 0.2) is 53.6 Å². The average molecular weight is 276 g/mol. The number of halogens is 1. The van der Waals surface area contributed by atoms with Crippen LogP contribution < -0.4 is 5.73 Å². The second kappa shape index (κ2) is 6.89. The monoisotopic (exact) mass is 276 g/mol. The summed E-state index contributed by atoms with van der Waals surface area (Å²) < 4.78 is 18.1. The van der Waals surface area contributed by atoms with Gasteiger partial charge in [-0.1, -0.05) is 51.6 Å². The molecule has 0 bridgehead atoms. The normalized spacial score (nSPS) is 13.2. The zero-order valence-electron chi connectivity index (χ0n) is 12.2. The van der Waals surface area contributed by atoms with Gasteiger partial charge in [0.15, 0.2) is 18.0 Å². The summed E-state index contributed by atoms with van der Waals surface area (Å²) in [5.41, 5.74) is 7.73. The highest BCUT2D eigenvalue weighted by Crippen LogP contribution is 2.22. The Hall–Kier alpha value is -2.10. The molecule has 20 heavy (non-hydrogen) atoms. The molecule has 2 N–H and O–H groups in total. The summed E-state index contributed by atoms with van der Waals surface area (Å²) in [5.74, 6) is -0.914. The summed E-state index contributed by atoms with van der Waals surface area (Å²) in [7, 11) is 0. The topological polar surface area (TPSA) is 47.6 Å². The molecule has 0 aliphatic carbocycles. The van der Waals surface area contributed by atoms with Gasteiger partial charge < -0.3 is 10.5 Å². The van der Waals surface area contributed by atoms with E-state index in [1.54, 1.807) is 0 Å². The molecule has 0 heterocycles. The van der Waals surface area contributed by atoms with Crippen LogP contribution in [0.2, 0.25) is 0 Å². The summed E-state index contributed by atoms with van der Waals surface area (Å²) in [5, 5.41) is 0. The van der Waals surface area contributed by atoms with E-state index in [4.69, 9.17) is 10.5 Å². The van der Waals surface area contributed by atoms with Gasteiger partial charge >= 0.3 is 0 Å². The van der Waals surface area contributed by atoms with E-state index in [1.807, 2.05) is 12.1 Å². The van der Waals surface area contributed by atoms with Crippen LogP contribution in [-0.2, 0) is 16.8 Å². The highest BCUT2D eigenvalue weighted by atomic mass is 19.1. The molecule has 0 saturated heterocycles. The van der Waals surface area contributed by atoms with Crippen molar-refractivity contribution in [2.75, 3.05) is 0 Å². The zero-order chi connectivity index (χ0) is 15.2. The largest absolute Gasteiger partial charge is 0.478 e. The van der Waals surface area contributed by atoms with Gasteiger partial charge in [-0.2, -0.15) is 0 Å². The third-order valence-electron chi connectivity index (χ3n) is 2.76. The van der Waals surface area contributed by atoms with Crippen LogP contribution in [0.4, 0.5) is 4.39 Å². The van der Waals surface area contributed by atoms with Crippen molar-refractivity contribution < 1.29 is 9.13 Å². The number of benzene rings is 1. The van der Waals surface area contributed by atoms with Gasteiger partial charge in [-0.15, -0.1) is 0 Å². The van der Waals surface area contributed by atoms with E-state index in [2.05, 4.69) is 44.5 Å². The fourth-order valence-corrected chi connectivity index (χ4v) is 1.49. The molecule has 0 aromatic heterocycles. The van der Waals surface area contributed by atoms with Crippen LogP contribution in [0.3, 0.4) is 0 Å². The van der Waals surface area contributed by atoms with Gasteiger partial charge in [-0.3, -0.25) is 0 Å². The number of nitrogens with zero attached hydrogens (tertiary/aromatic N) is 1. The summed E-state index contributed by atoms with van der Waals surface area (Å²) >= 11 is 0. The Morgan fingerprint density at radius 2 is 1.95 bits per heavy atom. The summed E-state index contributed by atoms with van der Waals surface area (Å²) in [6, 6.07) is 8.14. The van der Waals surface area contributed by atoms with Crippen molar-refractivity contribution in [2.24, 2.45) is 10.7 Å². The van der Waals surface area contributed by atoms with E-state index in [9.17, 15) is 4.39 Å². The van der Waals surface area contributed by atoms with Crippen molar-refractivity contribution in [1.29, 1.82) is 0 Å². The lowest BCUT2D eigenvalue weighted by Gasteiger charge is -2.19. The first-order valence-corrected chi connectivity index (χ1v) is 6.36. The molecule has 4 heteroatoms. The third kappa shape index (κ3) is 4.88. The fraction of sp³-hybridized carbons (Fsp3) is 0.312. The quantitative estimate of drug-likeness (QED) is 0.505. The van der Waals surface area contributed by atoms with Crippen LogP contribution in [0.25, 0.3) is 0 Å². The van der Waals surface area contributed by atoms with Crippen LogP contribution in [0.1, 0.15) is 31.9 Å². The lowest BCUT2D eigenvalue weighted by atomic mass is 9.87. The van der Waals surface area contributed by atoms with E-state index >= 15 is 0 Å². The average Bonchev–Trinajstić information content (AvgIpc) is 2.42. The second-order valence-electron chi connectivity index (χ2n) is 5.43. The first kappa shape index (κ1) is 16.0. The molecule has 0 aliphatic heterocycles. The zero-order valence-corrected chi connectivity index (χ0v) is 12.2. The molecular weight excluding hydrogens is 255 g/mol. The van der Waals surface area contributed by atoms with E-state index in [0.717, 1.165) is 18.0 Å². The van der Waals surface area contributed by atoms with Crippen molar-refractivity contribution in [3.8, 4) is 0 Å². The Balaban J connectivity index is 2.55. The van der Waals surface area contributed by atoms with Gasteiger partial charge in [0.05, 0.1) is 0 Å². The van der Waals surface area contributed by atoms with Gasteiger partial charge in [0.25, 0.3) is 0 Å². The number of hydrogen-bond donors (Lipinski definition) is 1. The standard InChI is InChI=1S/C16H21FN2O/c1-5-14(17)15(18)19-11-20-10-12-6-8-13(9-7-12)16(2,3)4/h5-9,11H,1,10,18H2,2-4H3/b15-14+,19-11+. The molecule has 1 aromatic carbocycles. The van der Waals surface area contributed by atoms with E-state index in [1.165, 1.54) is 5.56 Å². The van der Waals surface area contributed by atoms with Crippen molar-refractivity contribution in [3.05, 3.63) is 59.7 Å². The minimum absolute atomic E-state index is 0.127. The maximum atomic E-state index is 12.9. The Labute approximate surface area is 119 Å². The molecule has 0 amide bonds. The molecule has 0 aliphatic rings. The molecule has 0 spiro atoms. The Kier molecular flexibility index (Phi) is 5.50. The lowest BCUT2D eigenvalue weighted by molar-refractivity contribution is 0.307. The summed E-state index contributed by atoms with van der Waals surface area (Å²) in [6.07, 6.45) is 2.13. The predicted molar refractivity (Wildman–Crippen MR) is 80.9 cm³/mol. The molecular formula is C16H21FN2O. The summed E-state index contributed by atoms with van der Waals surface area (Å²) in [4.78, 5) is 3.63. The van der Waals surface area contributed by atoms with Gasteiger partial charge in [0.1, 0.15) is 6.61 Å². The van der Waals surface area contributed by atoms with E-state index in [-0.39, 0.29) is 11.2 Å². The molecule has 108 valence electrons. The van der Waals surface area contributed by atoms with Crippen molar-refractivity contribution >= 4 is 6.40 Å². The maximum absolute atomic E-state index is 12.9. The number of aliphatic imine (C=N–C) groups is 1. The predicted octanol–water partition coefficient (Wildman–Crippen LogP) is 3.81. The SMILES string of the molecule is C=C/C(F)=C(N)\N=C\OCc1ccc(C(C)(C)C)cc1. The molecule has 0 radical (unpaired) electrons. The van der Waals surface area contributed by atoms with E-state index in [0.29, 0.717) is 6.61 Å². The highest BCUT2D eigenvalue weighted by molar-refractivity contribution is 5.49. The number of ether oxygens (including phenoxy) is 1. The Bertz CT molecular complexity index is 510. The summed E-state index contributed by atoms with van der Waals surface area (Å²) in [6.45, 7) is 10.1. The van der Waals surface area contributed by atoms with Gasteiger partial charge in [0, 0.05) is 0 Å².